The lowest BCUT2D eigenvalue weighted by atomic mass is 10.2. The van der Waals surface area contributed by atoms with Gasteiger partial charge in [-0.1, -0.05) is 18.2 Å². The van der Waals surface area contributed by atoms with Gasteiger partial charge in [-0.3, -0.25) is 9.63 Å². The van der Waals surface area contributed by atoms with E-state index in [1.807, 2.05) is 6.07 Å². The number of amides is 1. The Balaban J connectivity index is 0. The molecule has 0 radical (unpaired) electrons. The van der Waals surface area contributed by atoms with Gasteiger partial charge in [-0.05, 0) is 12.1 Å². The van der Waals surface area contributed by atoms with Crippen LogP contribution in [0.2, 0.25) is 0 Å². The van der Waals surface area contributed by atoms with Gasteiger partial charge >= 0.3 is 0 Å². The molecular formula is C8H12ClNO3. The third kappa shape index (κ3) is 4.47. The first-order valence-electron chi connectivity index (χ1n) is 3.23. The number of halogens is 1. The van der Waals surface area contributed by atoms with Gasteiger partial charge in [0, 0.05) is 5.56 Å². The quantitative estimate of drug-likeness (QED) is 0.718. The van der Waals surface area contributed by atoms with Crippen LogP contribution in [0.15, 0.2) is 30.3 Å². The van der Waals surface area contributed by atoms with Crippen LogP contribution in [-0.2, 0) is 4.84 Å². The standard InChI is InChI=1S/C8H9NO2.ClH.H2O/c1-11-9-8(10)7-5-3-2-4-6-7;;/h2-6H,1H3,(H,9,10);1H;1H2. The van der Waals surface area contributed by atoms with E-state index in [0.29, 0.717) is 5.56 Å². The Morgan fingerprint density at radius 1 is 1.31 bits per heavy atom. The Morgan fingerprint density at radius 3 is 2.31 bits per heavy atom. The summed E-state index contributed by atoms with van der Waals surface area (Å²) in [5.74, 6) is -0.229. The second kappa shape index (κ2) is 7.54. The molecule has 0 unspecified atom stereocenters. The van der Waals surface area contributed by atoms with E-state index in [-0.39, 0.29) is 23.8 Å². The van der Waals surface area contributed by atoms with Gasteiger partial charge in [0.25, 0.3) is 5.91 Å². The van der Waals surface area contributed by atoms with Gasteiger partial charge < -0.3 is 5.48 Å². The van der Waals surface area contributed by atoms with Crippen LogP contribution >= 0.6 is 12.4 Å². The zero-order chi connectivity index (χ0) is 8.10. The van der Waals surface area contributed by atoms with Crippen molar-refractivity contribution in [1.29, 1.82) is 0 Å². The number of hydrogen-bond acceptors (Lipinski definition) is 2. The third-order valence-electron chi connectivity index (χ3n) is 1.23. The Kier molecular flexibility index (Phi) is 8.37. The minimum Gasteiger partial charge on any atom is -0.412 e. The highest BCUT2D eigenvalue weighted by atomic mass is 35.5. The largest absolute Gasteiger partial charge is 0.412 e. The SMILES string of the molecule is CONC(=O)c1ccccc1.Cl.O. The van der Waals surface area contributed by atoms with Crippen molar-refractivity contribution in [2.24, 2.45) is 0 Å². The van der Waals surface area contributed by atoms with Crippen molar-refractivity contribution in [3.63, 3.8) is 0 Å². The Hall–Kier alpha value is -1.10. The summed E-state index contributed by atoms with van der Waals surface area (Å²) in [7, 11) is 1.40. The van der Waals surface area contributed by atoms with E-state index >= 15 is 0 Å². The maximum absolute atomic E-state index is 11.0. The number of hydrogen-bond donors (Lipinski definition) is 1. The molecule has 0 aliphatic carbocycles. The molecule has 5 heteroatoms. The van der Waals surface area contributed by atoms with Crippen LogP contribution in [0.3, 0.4) is 0 Å². The average Bonchev–Trinajstić information content (AvgIpc) is 2.07. The molecule has 0 fully saturated rings. The third-order valence-corrected chi connectivity index (χ3v) is 1.23. The molecule has 1 aromatic rings. The van der Waals surface area contributed by atoms with E-state index < -0.39 is 0 Å². The molecule has 1 rings (SSSR count). The van der Waals surface area contributed by atoms with Crippen LogP contribution in [0.4, 0.5) is 0 Å². The summed E-state index contributed by atoms with van der Waals surface area (Å²) < 4.78 is 0. The lowest BCUT2D eigenvalue weighted by Crippen LogP contribution is -2.21. The Bertz CT molecular complexity index is 240. The van der Waals surface area contributed by atoms with Crippen LogP contribution in [0, 0.1) is 0 Å². The zero-order valence-corrected chi connectivity index (χ0v) is 7.93. The highest BCUT2D eigenvalue weighted by Gasteiger charge is 2.00. The zero-order valence-electron chi connectivity index (χ0n) is 7.11. The highest BCUT2D eigenvalue weighted by Crippen LogP contribution is 1.96. The van der Waals surface area contributed by atoms with Crippen molar-refractivity contribution in [1.82, 2.24) is 5.48 Å². The molecule has 4 nitrogen and oxygen atoms in total. The van der Waals surface area contributed by atoms with E-state index in [4.69, 9.17) is 0 Å². The lowest BCUT2D eigenvalue weighted by molar-refractivity contribution is 0.0537. The van der Waals surface area contributed by atoms with E-state index in [1.165, 1.54) is 7.11 Å². The van der Waals surface area contributed by atoms with Gasteiger partial charge in [-0.25, -0.2) is 5.48 Å². The fourth-order valence-electron chi connectivity index (χ4n) is 0.741. The van der Waals surface area contributed by atoms with Gasteiger partial charge in [-0.2, -0.15) is 0 Å². The number of carbonyl (C=O) groups excluding carboxylic acids is 1. The molecule has 0 atom stereocenters. The predicted octanol–water partition coefficient (Wildman–Crippen LogP) is 0.575. The van der Waals surface area contributed by atoms with Gasteiger partial charge in [0.2, 0.25) is 0 Å². The predicted molar refractivity (Wildman–Crippen MR) is 51.8 cm³/mol. The summed E-state index contributed by atoms with van der Waals surface area (Å²) >= 11 is 0. The molecule has 0 heterocycles. The van der Waals surface area contributed by atoms with E-state index in [9.17, 15) is 4.79 Å². The van der Waals surface area contributed by atoms with Crippen LogP contribution in [-0.4, -0.2) is 18.5 Å². The maximum atomic E-state index is 11.0. The summed E-state index contributed by atoms with van der Waals surface area (Å²) in [6, 6.07) is 8.88. The molecule has 74 valence electrons. The van der Waals surface area contributed by atoms with Crippen molar-refractivity contribution < 1.29 is 15.1 Å². The van der Waals surface area contributed by atoms with Gasteiger partial charge in [0.05, 0.1) is 7.11 Å². The average molecular weight is 206 g/mol. The van der Waals surface area contributed by atoms with E-state index in [2.05, 4.69) is 10.3 Å². The molecule has 0 aliphatic rings. The highest BCUT2D eigenvalue weighted by molar-refractivity contribution is 5.93. The molecule has 0 saturated carbocycles. The van der Waals surface area contributed by atoms with Crippen molar-refractivity contribution in [2.45, 2.75) is 0 Å². The summed E-state index contributed by atoms with van der Waals surface area (Å²) in [5.41, 5.74) is 2.81. The van der Waals surface area contributed by atoms with Crippen molar-refractivity contribution >= 4 is 18.3 Å². The fraction of sp³-hybridized carbons (Fsp3) is 0.125. The second-order valence-electron chi connectivity index (χ2n) is 2.00. The number of nitrogens with one attached hydrogen (secondary N) is 1. The molecular weight excluding hydrogens is 194 g/mol. The summed E-state index contributed by atoms with van der Waals surface area (Å²) in [4.78, 5) is 15.5. The van der Waals surface area contributed by atoms with Gasteiger partial charge in [-0.15, -0.1) is 12.4 Å². The van der Waals surface area contributed by atoms with Crippen LogP contribution in [0.25, 0.3) is 0 Å². The monoisotopic (exact) mass is 205 g/mol. The number of rotatable bonds is 2. The Morgan fingerprint density at radius 2 is 1.85 bits per heavy atom. The minimum atomic E-state index is -0.229. The van der Waals surface area contributed by atoms with Crippen LogP contribution in [0.5, 0.6) is 0 Å². The molecule has 0 aromatic heterocycles. The summed E-state index contributed by atoms with van der Waals surface area (Å²) in [6.45, 7) is 0. The molecule has 1 amide bonds. The second-order valence-corrected chi connectivity index (χ2v) is 2.00. The van der Waals surface area contributed by atoms with Gasteiger partial charge in [0.15, 0.2) is 0 Å². The number of hydroxylamine groups is 1. The summed E-state index contributed by atoms with van der Waals surface area (Å²) in [5, 5.41) is 0. The van der Waals surface area contributed by atoms with Crippen LogP contribution < -0.4 is 5.48 Å². The summed E-state index contributed by atoms with van der Waals surface area (Å²) in [6.07, 6.45) is 0. The minimum absolute atomic E-state index is 0. The normalized spacial score (nSPS) is 7.77. The molecule has 1 aromatic carbocycles. The molecule has 13 heavy (non-hydrogen) atoms. The van der Waals surface area contributed by atoms with Crippen molar-refractivity contribution in [2.75, 3.05) is 7.11 Å². The molecule has 0 saturated heterocycles. The molecule has 0 spiro atoms. The van der Waals surface area contributed by atoms with Crippen molar-refractivity contribution in [3.05, 3.63) is 35.9 Å². The first-order valence-corrected chi connectivity index (χ1v) is 3.23. The van der Waals surface area contributed by atoms with E-state index in [1.54, 1.807) is 24.3 Å². The maximum Gasteiger partial charge on any atom is 0.274 e. The fourth-order valence-corrected chi connectivity index (χ4v) is 0.741. The molecule has 0 aliphatic heterocycles. The smallest absolute Gasteiger partial charge is 0.274 e. The number of carbonyl (C=O) groups is 1. The first-order chi connectivity index (χ1) is 5.34. The van der Waals surface area contributed by atoms with E-state index in [0.717, 1.165) is 0 Å². The van der Waals surface area contributed by atoms with Crippen LogP contribution in [0.1, 0.15) is 10.4 Å². The Labute approximate surface area is 82.6 Å². The lowest BCUT2D eigenvalue weighted by Gasteiger charge is -1.99. The topological polar surface area (TPSA) is 69.8 Å². The molecule has 3 N–H and O–H groups in total. The van der Waals surface area contributed by atoms with Crippen molar-refractivity contribution in [3.8, 4) is 0 Å². The first kappa shape index (κ1) is 14.4. The van der Waals surface area contributed by atoms with Gasteiger partial charge in [0.1, 0.15) is 0 Å². The molecule has 0 bridgehead atoms. The number of benzene rings is 1.